The Bertz CT molecular complexity index is 793. The lowest BCUT2D eigenvalue weighted by molar-refractivity contribution is 0.550. The van der Waals surface area contributed by atoms with Crippen molar-refractivity contribution in [3.8, 4) is 0 Å². The number of sulfonamides is 1. The van der Waals surface area contributed by atoms with Gasteiger partial charge in [-0.3, -0.25) is 0 Å². The first-order valence-corrected chi connectivity index (χ1v) is 11.0. The summed E-state index contributed by atoms with van der Waals surface area (Å²) in [6.45, 7) is 10.6. The molecule has 0 spiro atoms. The minimum atomic E-state index is -3.55. The van der Waals surface area contributed by atoms with E-state index in [4.69, 9.17) is 0 Å². The zero-order valence-electron chi connectivity index (χ0n) is 16.5. The highest BCUT2D eigenvalue weighted by Gasteiger charge is 2.20. The molecule has 0 aliphatic carbocycles. The van der Waals surface area contributed by atoms with Gasteiger partial charge in [-0.2, -0.15) is 0 Å². The third-order valence-electron chi connectivity index (χ3n) is 5.08. The fourth-order valence-corrected chi connectivity index (χ4v) is 4.27. The maximum Gasteiger partial charge on any atom is 0.241 e. The SMILES string of the molecule is CCC(C)c1ccc(S(=O)(=O)NC(CC)c2ccc(C(C)C)cc2)cc1. The van der Waals surface area contributed by atoms with Gasteiger partial charge in [0.15, 0.2) is 0 Å². The van der Waals surface area contributed by atoms with E-state index in [1.54, 1.807) is 12.1 Å². The number of nitrogens with one attached hydrogen (secondary N) is 1. The van der Waals surface area contributed by atoms with Crippen LogP contribution in [0.5, 0.6) is 0 Å². The molecule has 0 aromatic heterocycles. The maximum atomic E-state index is 12.8. The monoisotopic (exact) mass is 373 g/mol. The molecule has 0 amide bonds. The summed E-state index contributed by atoms with van der Waals surface area (Å²) in [6, 6.07) is 15.2. The quantitative estimate of drug-likeness (QED) is 0.640. The lowest BCUT2D eigenvalue weighted by atomic mass is 9.98. The topological polar surface area (TPSA) is 46.2 Å². The molecule has 0 aliphatic heterocycles. The standard InChI is InChI=1S/C22H31NO2S/c1-6-17(5)19-12-14-21(15-13-19)26(24,25)23-22(7-2)20-10-8-18(9-11-20)16(3)4/h8-17,22-23H,6-7H2,1-5H3. The molecule has 2 aromatic carbocycles. The molecule has 26 heavy (non-hydrogen) atoms. The molecule has 2 rings (SSSR count). The van der Waals surface area contributed by atoms with Crippen molar-refractivity contribution in [2.24, 2.45) is 0 Å². The van der Waals surface area contributed by atoms with Crippen LogP contribution in [0.1, 0.15) is 82.0 Å². The largest absolute Gasteiger partial charge is 0.241 e. The van der Waals surface area contributed by atoms with Crippen LogP contribution >= 0.6 is 0 Å². The Hall–Kier alpha value is -1.65. The molecule has 0 radical (unpaired) electrons. The highest BCUT2D eigenvalue weighted by Crippen LogP contribution is 2.24. The zero-order chi connectivity index (χ0) is 19.3. The van der Waals surface area contributed by atoms with Crippen LogP contribution in [0.4, 0.5) is 0 Å². The van der Waals surface area contributed by atoms with Crippen LogP contribution in [0, 0.1) is 0 Å². The van der Waals surface area contributed by atoms with Crippen LogP contribution in [0.3, 0.4) is 0 Å². The minimum Gasteiger partial charge on any atom is -0.207 e. The van der Waals surface area contributed by atoms with Gasteiger partial charge in [-0.25, -0.2) is 13.1 Å². The van der Waals surface area contributed by atoms with Crippen molar-refractivity contribution in [2.75, 3.05) is 0 Å². The van der Waals surface area contributed by atoms with Crippen molar-refractivity contribution in [1.82, 2.24) is 4.72 Å². The number of benzene rings is 2. The Kier molecular flexibility index (Phi) is 7.01. The van der Waals surface area contributed by atoms with E-state index < -0.39 is 10.0 Å². The van der Waals surface area contributed by atoms with E-state index >= 15 is 0 Å². The molecule has 2 atom stereocenters. The Labute approximate surface area is 158 Å². The first-order chi connectivity index (χ1) is 12.3. The maximum absolute atomic E-state index is 12.8. The molecular weight excluding hydrogens is 342 g/mol. The van der Waals surface area contributed by atoms with E-state index in [9.17, 15) is 8.42 Å². The van der Waals surface area contributed by atoms with Crippen LogP contribution in [0.15, 0.2) is 53.4 Å². The lowest BCUT2D eigenvalue weighted by Crippen LogP contribution is -2.28. The summed E-state index contributed by atoms with van der Waals surface area (Å²) in [7, 11) is -3.55. The summed E-state index contributed by atoms with van der Waals surface area (Å²) in [5.41, 5.74) is 3.42. The van der Waals surface area contributed by atoms with E-state index in [1.807, 2.05) is 31.2 Å². The molecule has 142 valence electrons. The molecule has 0 saturated heterocycles. The van der Waals surface area contributed by atoms with E-state index in [-0.39, 0.29) is 6.04 Å². The molecule has 0 bridgehead atoms. The summed E-state index contributed by atoms with van der Waals surface area (Å²) < 4.78 is 28.4. The van der Waals surface area contributed by atoms with Crippen molar-refractivity contribution < 1.29 is 8.42 Å². The molecule has 0 aliphatic rings. The third-order valence-corrected chi connectivity index (χ3v) is 6.57. The van der Waals surface area contributed by atoms with Crippen molar-refractivity contribution in [3.63, 3.8) is 0 Å². The van der Waals surface area contributed by atoms with Gasteiger partial charge in [0.2, 0.25) is 10.0 Å². The summed E-state index contributed by atoms with van der Waals surface area (Å²) in [6.07, 6.45) is 1.74. The molecule has 2 unspecified atom stereocenters. The van der Waals surface area contributed by atoms with Crippen LogP contribution in [0.2, 0.25) is 0 Å². The van der Waals surface area contributed by atoms with E-state index in [2.05, 4.69) is 44.5 Å². The first kappa shape index (κ1) is 20.7. The second kappa shape index (κ2) is 8.83. The first-order valence-electron chi connectivity index (χ1n) is 9.50. The van der Waals surface area contributed by atoms with Crippen LogP contribution in [-0.4, -0.2) is 8.42 Å². The van der Waals surface area contributed by atoms with Crippen molar-refractivity contribution in [1.29, 1.82) is 0 Å². The third kappa shape index (κ3) is 4.95. The van der Waals surface area contributed by atoms with Gasteiger partial charge < -0.3 is 0 Å². The van der Waals surface area contributed by atoms with Crippen molar-refractivity contribution >= 4 is 10.0 Å². The molecule has 1 N–H and O–H groups in total. The van der Waals surface area contributed by atoms with Crippen LogP contribution in [0.25, 0.3) is 0 Å². The Balaban J connectivity index is 2.20. The van der Waals surface area contributed by atoms with Gasteiger partial charge >= 0.3 is 0 Å². The molecule has 0 saturated carbocycles. The van der Waals surface area contributed by atoms with Gasteiger partial charge in [0, 0.05) is 6.04 Å². The van der Waals surface area contributed by atoms with Gasteiger partial charge in [-0.05, 0) is 53.5 Å². The van der Waals surface area contributed by atoms with Gasteiger partial charge in [0.1, 0.15) is 0 Å². The van der Waals surface area contributed by atoms with Gasteiger partial charge in [0.05, 0.1) is 4.90 Å². The average Bonchev–Trinajstić information content (AvgIpc) is 2.65. The fraction of sp³-hybridized carbons (Fsp3) is 0.455. The Morgan fingerprint density at radius 2 is 1.27 bits per heavy atom. The summed E-state index contributed by atoms with van der Waals surface area (Å²) in [5, 5.41) is 0. The molecule has 2 aromatic rings. The van der Waals surface area contributed by atoms with Crippen LogP contribution < -0.4 is 4.72 Å². The van der Waals surface area contributed by atoms with E-state index in [0.717, 1.165) is 12.0 Å². The van der Waals surface area contributed by atoms with Crippen LogP contribution in [-0.2, 0) is 10.0 Å². The zero-order valence-corrected chi connectivity index (χ0v) is 17.3. The highest BCUT2D eigenvalue weighted by atomic mass is 32.2. The normalized spacial score (nSPS) is 14.4. The van der Waals surface area contributed by atoms with Crippen molar-refractivity contribution in [2.45, 2.75) is 70.2 Å². The predicted octanol–water partition coefficient (Wildman–Crippen LogP) is 5.75. The second-order valence-electron chi connectivity index (χ2n) is 7.28. The van der Waals surface area contributed by atoms with Gasteiger partial charge in [-0.1, -0.05) is 71.0 Å². The number of hydrogen-bond donors (Lipinski definition) is 1. The average molecular weight is 374 g/mol. The van der Waals surface area contributed by atoms with Crippen molar-refractivity contribution in [3.05, 3.63) is 65.2 Å². The van der Waals surface area contributed by atoms with Gasteiger partial charge in [-0.15, -0.1) is 0 Å². The summed E-state index contributed by atoms with van der Waals surface area (Å²) >= 11 is 0. The minimum absolute atomic E-state index is 0.226. The smallest absolute Gasteiger partial charge is 0.207 e. The second-order valence-corrected chi connectivity index (χ2v) is 9.00. The summed E-state index contributed by atoms with van der Waals surface area (Å²) in [5.74, 6) is 0.896. The van der Waals surface area contributed by atoms with Gasteiger partial charge in [0.25, 0.3) is 0 Å². The molecule has 0 fully saturated rings. The lowest BCUT2D eigenvalue weighted by Gasteiger charge is -2.19. The van der Waals surface area contributed by atoms with E-state index in [0.29, 0.717) is 23.2 Å². The Morgan fingerprint density at radius 3 is 1.73 bits per heavy atom. The molecule has 3 nitrogen and oxygen atoms in total. The predicted molar refractivity (Wildman–Crippen MR) is 109 cm³/mol. The number of rotatable bonds is 8. The summed E-state index contributed by atoms with van der Waals surface area (Å²) in [4.78, 5) is 0.321. The molecule has 0 heterocycles. The molecular formula is C22H31NO2S. The number of hydrogen-bond acceptors (Lipinski definition) is 2. The Morgan fingerprint density at radius 1 is 0.769 bits per heavy atom. The highest BCUT2D eigenvalue weighted by molar-refractivity contribution is 7.89. The fourth-order valence-electron chi connectivity index (χ4n) is 2.97. The molecule has 4 heteroatoms. The van der Waals surface area contributed by atoms with E-state index in [1.165, 1.54) is 11.1 Å².